The van der Waals surface area contributed by atoms with Crippen LogP contribution in [0, 0.1) is 0 Å². The summed E-state index contributed by atoms with van der Waals surface area (Å²) in [5.41, 5.74) is 1.73. The van der Waals surface area contributed by atoms with Gasteiger partial charge >= 0.3 is 0 Å². The lowest BCUT2D eigenvalue weighted by atomic mass is 10.2. The first-order valence-electron chi connectivity index (χ1n) is 8.73. The van der Waals surface area contributed by atoms with Crippen molar-refractivity contribution in [3.05, 3.63) is 48.8 Å². The molecule has 0 bridgehead atoms. The van der Waals surface area contributed by atoms with Crippen molar-refractivity contribution >= 4 is 22.2 Å². The zero-order valence-electron chi connectivity index (χ0n) is 14.7. The zero-order chi connectivity index (χ0) is 18.0. The monoisotopic (exact) mass is 367 g/mol. The van der Waals surface area contributed by atoms with Crippen LogP contribution in [-0.4, -0.2) is 21.8 Å². The Labute approximate surface area is 157 Å². The Balaban J connectivity index is 1.53. The predicted octanol–water partition coefficient (Wildman–Crippen LogP) is 5.97. The molecule has 0 radical (unpaired) electrons. The van der Waals surface area contributed by atoms with Gasteiger partial charge in [-0.15, -0.1) is 20.4 Å². The Morgan fingerprint density at radius 2 is 1.73 bits per heavy atom. The van der Waals surface area contributed by atoms with Crippen LogP contribution in [-0.2, 0) is 0 Å². The van der Waals surface area contributed by atoms with Gasteiger partial charge in [0.25, 0.3) is 5.13 Å². The van der Waals surface area contributed by atoms with Gasteiger partial charge in [-0.05, 0) is 42.8 Å². The molecule has 3 aromatic rings. The number of rotatable bonds is 9. The van der Waals surface area contributed by atoms with Crippen LogP contribution in [0.2, 0.25) is 0 Å². The second-order valence-corrected chi connectivity index (χ2v) is 6.68. The summed E-state index contributed by atoms with van der Waals surface area (Å²) < 4.78 is 5.72. The number of aromatic nitrogens is 3. The molecule has 1 aromatic carbocycles. The lowest BCUT2D eigenvalue weighted by molar-refractivity contribution is 0.305. The third kappa shape index (κ3) is 5.42. The molecular weight excluding hydrogens is 346 g/mol. The SMILES string of the molecule is CCCCCCOc1ccc(N=Nc2nnc(-c3ccncc3)s2)cc1. The van der Waals surface area contributed by atoms with Crippen LogP contribution in [0.5, 0.6) is 5.75 Å². The number of azo groups is 1. The quantitative estimate of drug-likeness (QED) is 0.345. The maximum atomic E-state index is 5.72. The highest BCUT2D eigenvalue weighted by Crippen LogP contribution is 2.29. The summed E-state index contributed by atoms with van der Waals surface area (Å²) in [7, 11) is 0. The summed E-state index contributed by atoms with van der Waals surface area (Å²) in [5, 5.41) is 17.9. The van der Waals surface area contributed by atoms with Crippen molar-refractivity contribution in [3.8, 4) is 16.3 Å². The van der Waals surface area contributed by atoms with E-state index in [4.69, 9.17) is 4.74 Å². The van der Waals surface area contributed by atoms with Crippen LogP contribution in [0.3, 0.4) is 0 Å². The minimum absolute atomic E-state index is 0.521. The third-order valence-electron chi connectivity index (χ3n) is 3.70. The fourth-order valence-corrected chi connectivity index (χ4v) is 2.97. The van der Waals surface area contributed by atoms with E-state index >= 15 is 0 Å². The fraction of sp³-hybridized carbons (Fsp3) is 0.316. The molecule has 26 heavy (non-hydrogen) atoms. The number of benzene rings is 1. The minimum Gasteiger partial charge on any atom is -0.494 e. The average Bonchev–Trinajstić information content (AvgIpc) is 3.17. The van der Waals surface area contributed by atoms with E-state index in [1.807, 2.05) is 36.4 Å². The van der Waals surface area contributed by atoms with E-state index in [1.165, 1.54) is 30.6 Å². The standard InChI is InChI=1S/C19H21N5OS/c1-2-3-4-5-14-25-17-8-6-16(7-9-17)21-23-19-24-22-18(26-19)15-10-12-20-13-11-15/h6-13H,2-5,14H2,1H3. The second kappa shape index (κ2) is 9.72. The summed E-state index contributed by atoms with van der Waals surface area (Å²) in [6.07, 6.45) is 8.25. The van der Waals surface area contributed by atoms with Crippen LogP contribution in [0.15, 0.2) is 59.0 Å². The number of hydrogen-bond donors (Lipinski definition) is 0. The molecule has 2 aromatic heterocycles. The molecule has 134 valence electrons. The number of unbranched alkanes of at least 4 members (excludes halogenated alkanes) is 3. The molecule has 7 heteroatoms. The summed E-state index contributed by atoms with van der Waals surface area (Å²) in [4.78, 5) is 4.00. The number of hydrogen-bond acceptors (Lipinski definition) is 7. The van der Waals surface area contributed by atoms with Crippen LogP contribution >= 0.6 is 11.3 Å². The molecule has 0 N–H and O–H groups in total. The first-order chi connectivity index (χ1) is 12.8. The molecule has 0 amide bonds. The third-order valence-corrected chi connectivity index (χ3v) is 4.55. The number of pyridine rings is 1. The molecule has 0 aliphatic rings. The van der Waals surface area contributed by atoms with Gasteiger partial charge in [-0.25, -0.2) is 0 Å². The fourth-order valence-electron chi connectivity index (χ4n) is 2.30. The zero-order valence-corrected chi connectivity index (χ0v) is 15.5. The Bertz CT molecular complexity index is 817. The molecule has 0 fully saturated rings. The maximum Gasteiger partial charge on any atom is 0.252 e. The Morgan fingerprint density at radius 1 is 0.923 bits per heavy atom. The van der Waals surface area contributed by atoms with Gasteiger partial charge in [0.15, 0.2) is 0 Å². The van der Waals surface area contributed by atoms with E-state index in [0.717, 1.165) is 35.0 Å². The smallest absolute Gasteiger partial charge is 0.252 e. The molecule has 0 unspecified atom stereocenters. The molecular formula is C19H21N5OS. The van der Waals surface area contributed by atoms with E-state index in [0.29, 0.717) is 5.13 Å². The van der Waals surface area contributed by atoms with Gasteiger partial charge < -0.3 is 4.74 Å². The summed E-state index contributed by atoms with van der Waals surface area (Å²) >= 11 is 1.39. The molecule has 6 nitrogen and oxygen atoms in total. The molecule has 0 saturated carbocycles. The Morgan fingerprint density at radius 3 is 2.50 bits per heavy atom. The largest absolute Gasteiger partial charge is 0.494 e. The predicted molar refractivity (Wildman–Crippen MR) is 103 cm³/mol. The van der Waals surface area contributed by atoms with Gasteiger partial charge in [0.2, 0.25) is 0 Å². The Kier molecular flexibility index (Phi) is 6.78. The van der Waals surface area contributed by atoms with Crippen molar-refractivity contribution in [1.82, 2.24) is 15.2 Å². The van der Waals surface area contributed by atoms with E-state index < -0.39 is 0 Å². The normalized spacial score (nSPS) is 11.1. The first kappa shape index (κ1) is 18.1. The average molecular weight is 367 g/mol. The van der Waals surface area contributed by atoms with Crippen LogP contribution in [0.25, 0.3) is 10.6 Å². The highest BCUT2D eigenvalue weighted by Gasteiger charge is 2.05. The maximum absolute atomic E-state index is 5.72. The van der Waals surface area contributed by atoms with Gasteiger partial charge in [-0.2, -0.15) is 0 Å². The lowest BCUT2D eigenvalue weighted by Gasteiger charge is -2.05. The van der Waals surface area contributed by atoms with Crippen molar-refractivity contribution in [1.29, 1.82) is 0 Å². The Hall–Kier alpha value is -2.67. The summed E-state index contributed by atoms with van der Waals surface area (Å²) in [5.74, 6) is 0.858. The van der Waals surface area contributed by atoms with Crippen molar-refractivity contribution in [2.24, 2.45) is 10.2 Å². The lowest BCUT2D eigenvalue weighted by Crippen LogP contribution is -1.96. The first-order valence-corrected chi connectivity index (χ1v) is 9.55. The van der Waals surface area contributed by atoms with Gasteiger partial charge in [0.05, 0.1) is 12.3 Å². The second-order valence-electron chi connectivity index (χ2n) is 5.73. The molecule has 3 rings (SSSR count). The van der Waals surface area contributed by atoms with Crippen molar-refractivity contribution in [2.75, 3.05) is 6.61 Å². The van der Waals surface area contributed by atoms with E-state index in [2.05, 4.69) is 32.3 Å². The minimum atomic E-state index is 0.521. The molecule has 0 aliphatic heterocycles. The number of nitrogens with zero attached hydrogens (tertiary/aromatic N) is 5. The van der Waals surface area contributed by atoms with Gasteiger partial charge in [-0.1, -0.05) is 37.5 Å². The molecule has 0 spiro atoms. The van der Waals surface area contributed by atoms with Gasteiger partial charge in [-0.3, -0.25) is 4.98 Å². The highest BCUT2D eigenvalue weighted by atomic mass is 32.1. The molecule has 2 heterocycles. The van der Waals surface area contributed by atoms with Crippen LogP contribution < -0.4 is 4.74 Å². The summed E-state index contributed by atoms with van der Waals surface area (Å²) in [6.45, 7) is 2.96. The van der Waals surface area contributed by atoms with E-state index in [1.54, 1.807) is 12.4 Å². The van der Waals surface area contributed by atoms with E-state index in [9.17, 15) is 0 Å². The highest BCUT2D eigenvalue weighted by molar-refractivity contribution is 7.18. The van der Waals surface area contributed by atoms with Gasteiger partial charge in [0, 0.05) is 18.0 Å². The van der Waals surface area contributed by atoms with E-state index in [-0.39, 0.29) is 0 Å². The number of ether oxygens (including phenoxy) is 1. The molecule has 0 atom stereocenters. The van der Waals surface area contributed by atoms with Crippen molar-refractivity contribution < 1.29 is 4.74 Å². The van der Waals surface area contributed by atoms with Gasteiger partial charge in [0.1, 0.15) is 10.8 Å². The van der Waals surface area contributed by atoms with Crippen molar-refractivity contribution in [2.45, 2.75) is 32.6 Å². The van der Waals surface area contributed by atoms with Crippen molar-refractivity contribution in [3.63, 3.8) is 0 Å². The van der Waals surface area contributed by atoms with Crippen LogP contribution in [0.4, 0.5) is 10.8 Å². The molecule has 0 aliphatic carbocycles. The molecule has 0 saturated heterocycles. The van der Waals surface area contributed by atoms with Crippen LogP contribution in [0.1, 0.15) is 32.6 Å². The topological polar surface area (TPSA) is 72.6 Å². The summed E-state index contributed by atoms with van der Waals surface area (Å²) in [6, 6.07) is 11.4.